The molecule has 0 fully saturated rings. The molecule has 1 aromatic carbocycles. The van der Waals surface area contributed by atoms with Crippen LogP contribution in [0.2, 0.25) is 0 Å². The molecule has 1 atom stereocenters. The summed E-state index contributed by atoms with van der Waals surface area (Å²) in [7, 11) is 0. The lowest BCUT2D eigenvalue weighted by atomic mass is 10.1. The van der Waals surface area contributed by atoms with E-state index in [4.69, 9.17) is 0 Å². The molecule has 0 bridgehead atoms. The van der Waals surface area contributed by atoms with Crippen molar-refractivity contribution in [2.45, 2.75) is 26.1 Å². The molecule has 0 aliphatic heterocycles. The Morgan fingerprint density at radius 2 is 2.08 bits per heavy atom. The van der Waals surface area contributed by atoms with Crippen molar-refractivity contribution in [3.8, 4) is 0 Å². The fourth-order valence-corrected chi connectivity index (χ4v) is 3.14. The summed E-state index contributed by atoms with van der Waals surface area (Å²) in [4.78, 5) is 28.9. The SMILES string of the molecule is CC(NC(=O)c1cccs1)C(=O)NCc1cccc(Cn2ccnc2)c1. The quantitative estimate of drug-likeness (QED) is 0.672. The van der Waals surface area contributed by atoms with E-state index in [0.717, 1.165) is 17.7 Å². The number of rotatable bonds is 7. The summed E-state index contributed by atoms with van der Waals surface area (Å²) in [6.45, 7) is 2.82. The topological polar surface area (TPSA) is 76.0 Å². The second kappa shape index (κ2) is 8.44. The lowest BCUT2D eigenvalue weighted by Gasteiger charge is -2.14. The average molecular weight is 368 g/mol. The van der Waals surface area contributed by atoms with Gasteiger partial charge in [0.2, 0.25) is 5.91 Å². The number of thiophene rings is 1. The lowest BCUT2D eigenvalue weighted by molar-refractivity contribution is -0.122. The Bertz CT molecular complexity index is 860. The minimum Gasteiger partial charge on any atom is -0.350 e. The summed E-state index contributed by atoms with van der Waals surface area (Å²) in [6.07, 6.45) is 5.43. The van der Waals surface area contributed by atoms with E-state index in [9.17, 15) is 9.59 Å². The van der Waals surface area contributed by atoms with Gasteiger partial charge in [-0.05, 0) is 29.5 Å². The number of carbonyl (C=O) groups excluding carboxylic acids is 2. The van der Waals surface area contributed by atoms with Crippen LogP contribution in [0.15, 0.2) is 60.5 Å². The summed E-state index contributed by atoms with van der Waals surface area (Å²) >= 11 is 1.35. The summed E-state index contributed by atoms with van der Waals surface area (Å²) in [5, 5.41) is 7.40. The molecule has 0 saturated heterocycles. The zero-order valence-electron chi connectivity index (χ0n) is 14.4. The van der Waals surface area contributed by atoms with Crippen molar-refractivity contribution in [2.24, 2.45) is 0 Å². The molecule has 0 saturated carbocycles. The number of amides is 2. The molecule has 134 valence electrons. The van der Waals surface area contributed by atoms with E-state index < -0.39 is 6.04 Å². The lowest BCUT2D eigenvalue weighted by Crippen LogP contribution is -2.44. The predicted molar refractivity (Wildman–Crippen MR) is 101 cm³/mol. The summed E-state index contributed by atoms with van der Waals surface area (Å²) in [6, 6.07) is 11.0. The van der Waals surface area contributed by atoms with Gasteiger partial charge in [0.15, 0.2) is 0 Å². The number of nitrogens with one attached hydrogen (secondary N) is 2. The molecule has 2 aromatic heterocycles. The van der Waals surface area contributed by atoms with Crippen LogP contribution in [0, 0.1) is 0 Å². The molecule has 0 aliphatic carbocycles. The fraction of sp³-hybridized carbons (Fsp3) is 0.211. The highest BCUT2D eigenvalue weighted by Gasteiger charge is 2.16. The van der Waals surface area contributed by atoms with Crippen molar-refractivity contribution in [1.82, 2.24) is 20.2 Å². The van der Waals surface area contributed by atoms with Gasteiger partial charge in [0.1, 0.15) is 6.04 Å². The van der Waals surface area contributed by atoms with Crippen LogP contribution in [0.3, 0.4) is 0 Å². The Morgan fingerprint density at radius 1 is 1.23 bits per heavy atom. The first-order chi connectivity index (χ1) is 12.6. The van der Waals surface area contributed by atoms with Gasteiger partial charge in [-0.25, -0.2) is 4.98 Å². The highest BCUT2D eigenvalue weighted by molar-refractivity contribution is 7.12. The highest BCUT2D eigenvalue weighted by Crippen LogP contribution is 2.09. The molecule has 0 spiro atoms. The van der Waals surface area contributed by atoms with Gasteiger partial charge >= 0.3 is 0 Å². The molecule has 2 N–H and O–H groups in total. The Morgan fingerprint density at radius 3 is 2.81 bits per heavy atom. The van der Waals surface area contributed by atoms with Gasteiger partial charge in [-0.1, -0.05) is 30.3 Å². The van der Waals surface area contributed by atoms with Crippen LogP contribution < -0.4 is 10.6 Å². The van der Waals surface area contributed by atoms with E-state index in [0.29, 0.717) is 11.4 Å². The molecule has 0 radical (unpaired) electrons. The third kappa shape index (κ3) is 4.80. The number of nitrogens with zero attached hydrogens (tertiary/aromatic N) is 2. The summed E-state index contributed by atoms with van der Waals surface area (Å²) < 4.78 is 1.99. The molecule has 6 nitrogen and oxygen atoms in total. The molecule has 0 aliphatic rings. The Kier molecular flexibility index (Phi) is 5.80. The van der Waals surface area contributed by atoms with Gasteiger partial charge in [-0.3, -0.25) is 9.59 Å². The van der Waals surface area contributed by atoms with Crippen molar-refractivity contribution >= 4 is 23.2 Å². The first-order valence-corrected chi connectivity index (χ1v) is 9.15. The van der Waals surface area contributed by atoms with Gasteiger partial charge in [-0.2, -0.15) is 0 Å². The second-order valence-corrected chi connectivity index (χ2v) is 6.89. The highest BCUT2D eigenvalue weighted by atomic mass is 32.1. The van der Waals surface area contributed by atoms with Gasteiger partial charge in [0, 0.05) is 25.5 Å². The number of aromatic nitrogens is 2. The fourth-order valence-electron chi connectivity index (χ4n) is 2.51. The van der Waals surface area contributed by atoms with Crippen LogP contribution >= 0.6 is 11.3 Å². The maximum absolute atomic E-state index is 12.2. The van der Waals surface area contributed by atoms with E-state index in [1.54, 1.807) is 31.6 Å². The molecule has 3 rings (SSSR count). The van der Waals surface area contributed by atoms with E-state index in [1.807, 2.05) is 34.3 Å². The van der Waals surface area contributed by atoms with Crippen molar-refractivity contribution in [3.63, 3.8) is 0 Å². The van der Waals surface area contributed by atoms with Crippen molar-refractivity contribution in [2.75, 3.05) is 0 Å². The normalized spacial score (nSPS) is 11.7. The maximum Gasteiger partial charge on any atom is 0.261 e. The minimum atomic E-state index is -0.598. The second-order valence-electron chi connectivity index (χ2n) is 5.95. The molecule has 7 heteroatoms. The Hall–Kier alpha value is -2.93. The van der Waals surface area contributed by atoms with Crippen molar-refractivity contribution < 1.29 is 9.59 Å². The average Bonchev–Trinajstić information content (AvgIpc) is 3.33. The predicted octanol–water partition coefficient (Wildman–Crippen LogP) is 2.43. The number of imidazole rings is 1. The molecule has 1 unspecified atom stereocenters. The monoisotopic (exact) mass is 368 g/mol. The zero-order chi connectivity index (χ0) is 18.4. The van der Waals surface area contributed by atoms with Crippen LogP contribution in [-0.2, 0) is 17.9 Å². The summed E-state index contributed by atoms with van der Waals surface area (Å²) in [5.41, 5.74) is 2.14. The summed E-state index contributed by atoms with van der Waals surface area (Å²) in [5.74, 6) is -0.445. The molecule has 26 heavy (non-hydrogen) atoms. The van der Waals surface area contributed by atoms with Crippen molar-refractivity contribution in [3.05, 3.63) is 76.5 Å². The van der Waals surface area contributed by atoms with Gasteiger partial charge < -0.3 is 15.2 Å². The molecule has 2 amide bonds. The maximum atomic E-state index is 12.2. The van der Waals surface area contributed by atoms with E-state index in [1.165, 1.54) is 11.3 Å². The van der Waals surface area contributed by atoms with Gasteiger partial charge in [-0.15, -0.1) is 11.3 Å². The van der Waals surface area contributed by atoms with Crippen LogP contribution in [0.1, 0.15) is 27.7 Å². The van der Waals surface area contributed by atoms with E-state index in [2.05, 4.69) is 21.7 Å². The van der Waals surface area contributed by atoms with Gasteiger partial charge in [0.05, 0.1) is 11.2 Å². The largest absolute Gasteiger partial charge is 0.350 e. The van der Waals surface area contributed by atoms with Crippen LogP contribution in [0.25, 0.3) is 0 Å². The Labute approximate surface area is 155 Å². The minimum absolute atomic E-state index is 0.213. The number of hydrogen-bond donors (Lipinski definition) is 2. The third-order valence-electron chi connectivity index (χ3n) is 3.87. The van der Waals surface area contributed by atoms with Crippen LogP contribution in [0.5, 0.6) is 0 Å². The molecule has 3 aromatic rings. The molecule has 2 heterocycles. The first kappa shape index (κ1) is 17.9. The molecular weight excluding hydrogens is 348 g/mol. The van der Waals surface area contributed by atoms with Crippen molar-refractivity contribution in [1.29, 1.82) is 0 Å². The van der Waals surface area contributed by atoms with Crippen LogP contribution in [0.4, 0.5) is 0 Å². The molecular formula is C19H20N4O2S. The number of hydrogen-bond acceptors (Lipinski definition) is 4. The standard InChI is InChI=1S/C19H20N4O2S/c1-14(22-19(25)17-6-3-9-26-17)18(24)21-11-15-4-2-5-16(10-15)12-23-8-7-20-13-23/h2-10,13-14H,11-12H2,1H3,(H,21,24)(H,22,25). The van der Waals surface area contributed by atoms with Crippen LogP contribution in [-0.4, -0.2) is 27.4 Å². The Balaban J connectivity index is 1.51. The smallest absolute Gasteiger partial charge is 0.261 e. The number of carbonyl (C=O) groups is 2. The third-order valence-corrected chi connectivity index (χ3v) is 4.74. The first-order valence-electron chi connectivity index (χ1n) is 8.27. The van der Waals surface area contributed by atoms with E-state index in [-0.39, 0.29) is 11.8 Å². The number of benzene rings is 1. The zero-order valence-corrected chi connectivity index (χ0v) is 15.2. The van der Waals surface area contributed by atoms with Gasteiger partial charge in [0.25, 0.3) is 5.91 Å². The van der Waals surface area contributed by atoms with E-state index >= 15 is 0 Å².